The number of hydrogen-bond acceptors (Lipinski definition) is 5. The molecule has 6 heteroatoms. The summed E-state index contributed by atoms with van der Waals surface area (Å²) in [5, 5.41) is 13.9. The predicted molar refractivity (Wildman–Crippen MR) is 219 cm³/mol. The van der Waals surface area contributed by atoms with Crippen molar-refractivity contribution in [3.05, 3.63) is 53.6 Å². The highest BCUT2D eigenvalue weighted by atomic mass is 32.2. The second-order valence-electron chi connectivity index (χ2n) is 20.2. The lowest BCUT2D eigenvalue weighted by Gasteiger charge is -2.72. The van der Waals surface area contributed by atoms with Gasteiger partial charge in [-0.1, -0.05) is 90.8 Å². The normalized spacial score (nSPS) is 40.3. The fourth-order valence-electron chi connectivity index (χ4n) is 14.1. The molecule has 1 aromatic rings. The number of carboxylic acids is 1. The molecule has 5 fully saturated rings. The van der Waals surface area contributed by atoms with Gasteiger partial charge < -0.3 is 10.4 Å². The van der Waals surface area contributed by atoms with Crippen LogP contribution >= 0.6 is 11.9 Å². The average Bonchev–Trinajstić information content (AvgIpc) is 3.48. The first-order valence-corrected chi connectivity index (χ1v) is 22.0. The first kappa shape index (κ1) is 38.7. The molecule has 0 radical (unpaired) electrons. The molecule has 0 spiro atoms. The van der Waals surface area contributed by atoms with Crippen molar-refractivity contribution >= 4 is 23.5 Å². The molecule has 0 bridgehead atoms. The number of carbonyl (C=O) groups is 1. The van der Waals surface area contributed by atoms with E-state index in [2.05, 4.69) is 107 Å². The molecular weight excluding hydrogens is 659 g/mol. The summed E-state index contributed by atoms with van der Waals surface area (Å²) in [4.78, 5) is 14.3. The van der Waals surface area contributed by atoms with Crippen LogP contribution in [0.2, 0.25) is 0 Å². The lowest BCUT2D eigenvalue weighted by Crippen LogP contribution is -2.68. The van der Waals surface area contributed by atoms with Gasteiger partial charge in [0, 0.05) is 50.6 Å². The third kappa shape index (κ3) is 6.30. The van der Waals surface area contributed by atoms with Gasteiger partial charge in [-0.25, -0.2) is 9.10 Å². The van der Waals surface area contributed by atoms with Gasteiger partial charge >= 0.3 is 5.97 Å². The molecule has 1 aromatic carbocycles. The van der Waals surface area contributed by atoms with Crippen LogP contribution in [0, 0.1) is 57.2 Å². The van der Waals surface area contributed by atoms with E-state index in [0.717, 1.165) is 24.8 Å². The zero-order chi connectivity index (χ0) is 37.3. The van der Waals surface area contributed by atoms with Crippen molar-refractivity contribution in [3.63, 3.8) is 0 Å². The molecule has 4 saturated carbocycles. The van der Waals surface area contributed by atoms with Gasteiger partial charge in [-0.05, 0) is 145 Å². The molecular formula is C46H71N3O2S. The molecule has 5 aliphatic carbocycles. The Morgan fingerprint density at radius 3 is 2.29 bits per heavy atom. The Hall–Kier alpha value is -1.60. The number of allylic oxidation sites excluding steroid dienone is 3. The summed E-state index contributed by atoms with van der Waals surface area (Å²) in [5.74, 6) is 4.55. The van der Waals surface area contributed by atoms with Gasteiger partial charge in [0.1, 0.15) is 0 Å². The number of benzene rings is 1. The molecule has 1 heterocycles. The van der Waals surface area contributed by atoms with E-state index in [-0.39, 0.29) is 16.4 Å². The minimum absolute atomic E-state index is 0.0402. The van der Waals surface area contributed by atoms with E-state index in [4.69, 9.17) is 0 Å². The lowest BCUT2D eigenvalue weighted by molar-refractivity contribution is -0.219. The summed E-state index contributed by atoms with van der Waals surface area (Å²) in [6, 6.07) is 7.68. The fourth-order valence-corrected chi connectivity index (χ4v) is 15.1. The van der Waals surface area contributed by atoms with Crippen LogP contribution in [0.4, 0.5) is 0 Å². The maximum Gasteiger partial charge on any atom is 0.335 e. The molecule has 288 valence electrons. The summed E-state index contributed by atoms with van der Waals surface area (Å²) in [6.07, 6.45) is 14.3. The molecule has 2 N–H and O–H groups in total. The molecule has 0 aromatic heterocycles. The van der Waals surface area contributed by atoms with E-state index < -0.39 is 5.97 Å². The van der Waals surface area contributed by atoms with E-state index in [1.807, 2.05) is 0 Å². The topological polar surface area (TPSA) is 55.8 Å². The third-order valence-corrected chi connectivity index (χ3v) is 18.5. The van der Waals surface area contributed by atoms with Gasteiger partial charge in [-0.2, -0.15) is 0 Å². The van der Waals surface area contributed by atoms with Crippen molar-refractivity contribution in [2.75, 3.05) is 45.0 Å². The minimum atomic E-state index is -0.851. The number of nitrogens with zero attached hydrogens (tertiary/aromatic N) is 2. The van der Waals surface area contributed by atoms with E-state index in [1.165, 1.54) is 107 Å². The van der Waals surface area contributed by atoms with Crippen molar-refractivity contribution in [2.24, 2.45) is 57.2 Å². The monoisotopic (exact) mass is 730 g/mol. The summed E-state index contributed by atoms with van der Waals surface area (Å²) in [6.45, 7) is 31.9. The molecule has 1 aliphatic heterocycles. The fraction of sp³-hybridized carbons (Fsp3) is 0.761. The second-order valence-corrected chi connectivity index (χ2v) is 21.3. The standard InChI is InChI=1S/C46H71N3O2S/c1-31(2)30-52-49-28-26-48(27-29-49)25-24-47-46-21-16-35(32(3)4)40(46)37-14-15-39-43(7)19-17-36(33-10-12-34(13-11-33)41(50)51)42(5,6)38(43)18-20-45(39,9)44(37,8)22-23-46/h10-13,17,31,35,37-40,47H,3,14-16,18-30H2,1-2,4-9H3,(H,50,51)/t35-,37+,38?,39?,40?,43-,44+,45+,46-/m0/s1. The van der Waals surface area contributed by atoms with Crippen LogP contribution in [0.3, 0.4) is 0 Å². The highest BCUT2D eigenvalue weighted by Gasteiger charge is 2.70. The van der Waals surface area contributed by atoms with Gasteiger partial charge in [0.05, 0.1) is 5.56 Å². The summed E-state index contributed by atoms with van der Waals surface area (Å²) in [5.41, 5.74) is 5.65. The third-order valence-electron chi connectivity index (χ3n) is 16.9. The molecule has 0 amide bonds. The largest absolute Gasteiger partial charge is 0.478 e. The van der Waals surface area contributed by atoms with Gasteiger partial charge in [0.15, 0.2) is 0 Å². The van der Waals surface area contributed by atoms with E-state index in [0.29, 0.717) is 40.1 Å². The van der Waals surface area contributed by atoms with Crippen molar-refractivity contribution in [2.45, 2.75) is 119 Å². The van der Waals surface area contributed by atoms with Crippen LogP contribution in [0.5, 0.6) is 0 Å². The van der Waals surface area contributed by atoms with Gasteiger partial charge in [0.2, 0.25) is 0 Å². The highest BCUT2D eigenvalue weighted by Crippen LogP contribution is 2.76. The Morgan fingerprint density at radius 2 is 1.63 bits per heavy atom. The highest BCUT2D eigenvalue weighted by molar-refractivity contribution is 7.97. The average molecular weight is 730 g/mol. The molecule has 1 saturated heterocycles. The number of rotatable bonds is 10. The number of fused-ring (bicyclic) bond motifs is 7. The summed E-state index contributed by atoms with van der Waals surface area (Å²) >= 11 is 2.06. The van der Waals surface area contributed by atoms with Crippen molar-refractivity contribution < 1.29 is 9.90 Å². The van der Waals surface area contributed by atoms with E-state index >= 15 is 0 Å². The molecule has 3 unspecified atom stereocenters. The second kappa shape index (κ2) is 14.2. The maximum absolute atomic E-state index is 11.6. The van der Waals surface area contributed by atoms with Gasteiger partial charge in [-0.15, -0.1) is 0 Å². The number of carboxylic acid groups (broad SMARTS) is 1. The maximum atomic E-state index is 11.6. The zero-order valence-electron chi connectivity index (χ0n) is 34.0. The van der Waals surface area contributed by atoms with Crippen LogP contribution in [-0.2, 0) is 0 Å². The van der Waals surface area contributed by atoms with Crippen molar-refractivity contribution in [1.29, 1.82) is 0 Å². The van der Waals surface area contributed by atoms with Crippen molar-refractivity contribution in [3.8, 4) is 0 Å². The van der Waals surface area contributed by atoms with Gasteiger partial charge in [0.25, 0.3) is 0 Å². The smallest absolute Gasteiger partial charge is 0.335 e. The lowest BCUT2D eigenvalue weighted by atomic mass is 9.33. The molecule has 7 rings (SSSR count). The minimum Gasteiger partial charge on any atom is -0.478 e. The summed E-state index contributed by atoms with van der Waals surface area (Å²) in [7, 11) is 0. The predicted octanol–water partition coefficient (Wildman–Crippen LogP) is 10.3. The zero-order valence-corrected chi connectivity index (χ0v) is 34.8. The number of aromatic carboxylic acids is 1. The SMILES string of the molecule is C=C(C)[C@@H]1CC[C@]2(NCCN3CCN(SCC(C)C)CC3)CC[C@]3(C)[C@H](CCC4[C@@]5(C)CC=C(c6ccc(C(=O)O)cc6)C(C)(C)C5CC[C@]43C)C12. The number of nitrogens with one attached hydrogen (secondary N) is 1. The van der Waals surface area contributed by atoms with Crippen LogP contribution in [0.25, 0.3) is 5.57 Å². The Balaban J connectivity index is 1.09. The van der Waals surface area contributed by atoms with Crippen LogP contribution in [0.1, 0.15) is 129 Å². The number of piperazine rings is 1. The van der Waals surface area contributed by atoms with E-state index in [9.17, 15) is 9.90 Å². The van der Waals surface area contributed by atoms with Crippen LogP contribution in [-0.4, -0.2) is 70.8 Å². The molecule has 52 heavy (non-hydrogen) atoms. The molecule has 6 aliphatic rings. The van der Waals surface area contributed by atoms with Gasteiger partial charge in [-0.3, -0.25) is 4.90 Å². The van der Waals surface area contributed by atoms with Crippen molar-refractivity contribution in [1.82, 2.24) is 14.5 Å². The van der Waals surface area contributed by atoms with Crippen LogP contribution in [0.15, 0.2) is 42.5 Å². The Morgan fingerprint density at radius 1 is 0.923 bits per heavy atom. The number of hydrogen-bond donors (Lipinski definition) is 2. The Bertz CT molecular complexity index is 1530. The first-order chi connectivity index (χ1) is 24.6. The van der Waals surface area contributed by atoms with Crippen LogP contribution < -0.4 is 5.32 Å². The van der Waals surface area contributed by atoms with E-state index in [1.54, 1.807) is 12.1 Å². The first-order valence-electron chi connectivity index (χ1n) is 21.1. The Kier molecular flexibility index (Phi) is 10.5. The quantitative estimate of drug-likeness (QED) is 0.185. The summed E-state index contributed by atoms with van der Waals surface area (Å²) < 4.78 is 2.60. The Labute approximate surface area is 321 Å². The molecule has 5 nitrogen and oxygen atoms in total. The molecule has 9 atom stereocenters.